The molecule has 10 nitrogen and oxygen atoms in total. The Hall–Kier alpha value is -3.21. The monoisotopic (exact) mass is 585 g/mol. The summed E-state index contributed by atoms with van der Waals surface area (Å²) in [5.74, 6) is -3.35. The lowest BCUT2D eigenvalue weighted by Gasteiger charge is -2.36. The number of benzene rings is 1. The Balaban J connectivity index is 1.57. The van der Waals surface area contributed by atoms with Gasteiger partial charge in [0.15, 0.2) is 0 Å². The molecule has 4 aliphatic heterocycles. The van der Waals surface area contributed by atoms with E-state index in [0.29, 0.717) is 36.4 Å². The van der Waals surface area contributed by atoms with Crippen LogP contribution in [-0.2, 0) is 28.7 Å². The highest BCUT2D eigenvalue weighted by molar-refractivity contribution is 6.34. The molecule has 0 aromatic heterocycles. The molecule has 2 saturated heterocycles. The van der Waals surface area contributed by atoms with E-state index in [0.717, 1.165) is 0 Å². The molecule has 4 heterocycles. The quantitative estimate of drug-likeness (QED) is 0.298. The van der Waals surface area contributed by atoms with Crippen LogP contribution in [0.5, 0.6) is 0 Å². The van der Waals surface area contributed by atoms with Gasteiger partial charge in [0, 0.05) is 26.1 Å². The van der Waals surface area contributed by atoms with Gasteiger partial charge in [-0.1, -0.05) is 48.0 Å². The summed E-state index contributed by atoms with van der Waals surface area (Å²) >= 11 is 6.56. The molecule has 4 aliphatic rings. The number of aliphatic hydroxyl groups excluding tert-OH is 1. The molecule has 5 bridgehead atoms. The summed E-state index contributed by atoms with van der Waals surface area (Å²) in [4.78, 5) is 57.6. The van der Waals surface area contributed by atoms with Crippen molar-refractivity contribution in [3.05, 3.63) is 53.6 Å². The van der Waals surface area contributed by atoms with Crippen molar-refractivity contribution in [1.82, 2.24) is 10.2 Å². The normalized spacial score (nSPS) is 32.7. The molecule has 0 radical (unpaired) electrons. The lowest BCUT2D eigenvalue weighted by molar-refractivity contribution is -0.158. The van der Waals surface area contributed by atoms with E-state index in [-0.39, 0.29) is 50.4 Å². The number of para-hydroxylation sites is 1. The summed E-state index contributed by atoms with van der Waals surface area (Å²) in [6.07, 6.45) is 8.33. The number of cyclic esters (lactones) is 1. The third kappa shape index (κ3) is 5.52. The van der Waals surface area contributed by atoms with Crippen molar-refractivity contribution >= 4 is 41.0 Å². The number of ether oxygens (including phenoxy) is 2. The van der Waals surface area contributed by atoms with Crippen LogP contribution in [0.1, 0.15) is 39.0 Å². The molecule has 2 fully saturated rings. The third-order valence-electron chi connectivity index (χ3n) is 8.24. The Bertz CT molecular complexity index is 1250. The zero-order valence-corrected chi connectivity index (χ0v) is 23.8. The molecule has 3 amide bonds. The van der Waals surface area contributed by atoms with Gasteiger partial charge >= 0.3 is 5.97 Å². The van der Waals surface area contributed by atoms with Crippen molar-refractivity contribution in [3.8, 4) is 0 Å². The van der Waals surface area contributed by atoms with Crippen LogP contribution < -0.4 is 10.2 Å². The fourth-order valence-electron chi connectivity index (χ4n) is 6.33. The number of rotatable bonds is 6. The SMILES string of the molecule is C[C@@H]1CNC(=O)CC/C=C\CN(c2ccccc2Cl)C(=O)[C@@H]2N(CCCCCO)C(=O)[C@H]3[C@H](C(=O)O1)[C@@H]1C=C[C@]23O1. The predicted octanol–water partition coefficient (Wildman–Crippen LogP) is 2.38. The van der Waals surface area contributed by atoms with Gasteiger partial charge in [-0.2, -0.15) is 0 Å². The molecule has 0 saturated carbocycles. The van der Waals surface area contributed by atoms with Crippen LogP contribution in [-0.4, -0.2) is 83.8 Å². The summed E-state index contributed by atoms with van der Waals surface area (Å²) in [5.41, 5.74) is -0.859. The third-order valence-corrected chi connectivity index (χ3v) is 8.56. The van der Waals surface area contributed by atoms with Crippen LogP contribution in [0, 0.1) is 11.8 Å². The number of hydrogen-bond acceptors (Lipinski definition) is 7. The molecule has 0 unspecified atom stereocenters. The summed E-state index contributed by atoms with van der Waals surface area (Å²) < 4.78 is 12.1. The predicted molar refractivity (Wildman–Crippen MR) is 151 cm³/mol. The molecular formula is C30H36ClN3O7. The first-order valence-corrected chi connectivity index (χ1v) is 14.6. The van der Waals surface area contributed by atoms with E-state index in [2.05, 4.69) is 5.32 Å². The molecule has 220 valence electrons. The maximum absolute atomic E-state index is 14.6. The minimum Gasteiger partial charge on any atom is -0.460 e. The minimum atomic E-state index is -1.34. The average Bonchev–Trinajstić information content (AvgIpc) is 3.59. The Labute approximate surface area is 244 Å². The lowest BCUT2D eigenvalue weighted by atomic mass is 9.74. The van der Waals surface area contributed by atoms with Crippen LogP contribution in [0.2, 0.25) is 5.02 Å². The van der Waals surface area contributed by atoms with Crippen LogP contribution >= 0.6 is 11.6 Å². The first-order chi connectivity index (χ1) is 19.8. The second-order valence-electron chi connectivity index (χ2n) is 11.0. The van der Waals surface area contributed by atoms with Gasteiger partial charge in [-0.3, -0.25) is 19.2 Å². The lowest BCUT2D eigenvalue weighted by Crippen LogP contribution is -2.56. The highest BCUT2D eigenvalue weighted by Crippen LogP contribution is 2.56. The molecule has 41 heavy (non-hydrogen) atoms. The van der Waals surface area contributed by atoms with Gasteiger partial charge in [0.1, 0.15) is 23.7 Å². The summed E-state index contributed by atoms with van der Waals surface area (Å²) in [7, 11) is 0. The van der Waals surface area contributed by atoms with E-state index >= 15 is 0 Å². The molecule has 2 N–H and O–H groups in total. The van der Waals surface area contributed by atoms with Crippen molar-refractivity contribution < 1.29 is 33.8 Å². The Morgan fingerprint density at radius 2 is 1.90 bits per heavy atom. The average molecular weight is 586 g/mol. The number of nitrogens with one attached hydrogen (secondary N) is 1. The van der Waals surface area contributed by atoms with Crippen molar-refractivity contribution in [1.29, 1.82) is 0 Å². The second kappa shape index (κ2) is 12.3. The highest BCUT2D eigenvalue weighted by atomic mass is 35.5. The summed E-state index contributed by atoms with van der Waals surface area (Å²) in [5, 5.41) is 12.4. The van der Waals surface area contributed by atoms with Crippen molar-refractivity contribution in [3.63, 3.8) is 0 Å². The Morgan fingerprint density at radius 1 is 1.10 bits per heavy atom. The number of allylic oxidation sites excluding steroid dienone is 1. The van der Waals surface area contributed by atoms with Gasteiger partial charge in [-0.25, -0.2) is 0 Å². The standard InChI is InChI=1S/C30H36ClN3O7/c1-19-18-32-23(36)12-4-2-7-15-33(21-11-6-5-10-20(21)31)28(38)26-30-14-13-22(41-30)24(29(39)40-19)25(30)27(37)34(26)16-8-3-9-17-35/h2,5-7,10-11,13-14,19,22,24-26,35H,3-4,8-9,12,15-18H2,1H3,(H,32,36)/b7-2-/t19-,22+,24-,25-,26+,30-/m1/s1. The zero-order chi connectivity index (χ0) is 29.1. The second-order valence-corrected chi connectivity index (χ2v) is 11.4. The number of anilines is 1. The number of likely N-dealkylation sites (tertiary alicyclic amines) is 1. The topological polar surface area (TPSA) is 125 Å². The minimum absolute atomic E-state index is 0.0373. The number of amides is 3. The molecular weight excluding hydrogens is 550 g/mol. The van der Waals surface area contributed by atoms with Crippen LogP contribution in [0.15, 0.2) is 48.6 Å². The van der Waals surface area contributed by atoms with Crippen molar-refractivity contribution in [2.45, 2.75) is 62.9 Å². The molecule has 0 aliphatic carbocycles. The van der Waals surface area contributed by atoms with E-state index in [4.69, 9.17) is 21.1 Å². The number of fused-ring (bicyclic) bond motifs is 2. The van der Waals surface area contributed by atoms with Crippen molar-refractivity contribution in [2.24, 2.45) is 11.8 Å². The number of carbonyl (C=O) groups excluding carboxylic acids is 4. The van der Waals surface area contributed by atoms with Gasteiger partial charge in [0.2, 0.25) is 11.8 Å². The van der Waals surface area contributed by atoms with Crippen molar-refractivity contribution in [2.75, 3.05) is 31.1 Å². The van der Waals surface area contributed by atoms with E-state index in [1.165, 1.54) is 9.80 Å². The van der Waals surface area contributed by atoms with Gasteiger partial charge in [-0.05, 0) is 44.7 Å². The van der Waals surface area contributed by atoms with E-state index < -0.39 is 41.7 Å². The number of halogens is 1. The number of aliphatic hydroxyl groups is 1. The molecule has 11 heteroatoms. The van der Waals surface area contributed by atoms with Gasteiger partial charge in [0.05, 0.1) is 29.3 Å². The van der Waals surface area contributed by atoms with Crippen LogP contribution in [0.25, 0.3) is 0 Å². The largest absolute Gasteiger partial charge is 0.460 e. The number of carbonyl (C=O) groups is 4. The fraction of sp³-hybridized carbons (Fsp3) is 0.533. The molecule has 5 rings (SSSR count). The first kappa shape index (κ1) is 29.3. The first-order valence-electron chi connectivity index (χ1n) is 14.2. The smallest absolute Gasteiger partial charge is 0.313 e. The van der Waals surface area contributed by atoms with E-state index in [1.807, 2.05) is 12.2 Å². The number of unbranched alkanes of at least 4 members (excludes halogenated alkanes) is 2. The van der Waals surface area contributed by atoms with Gasteiger partial charge < -0.3 is 29.7 Å². The fourth-order valence-corrected chi connectivity index (χ4v) is 6.57. The zero-order valence-electron chi connectivity index (χ0n) is 23.0. The van der Waals surface area contributed by atoms with Gasteiger partial charge in [-0.15, -0.1) is 0 Å². The number of nitrogens with zero attached hydrogens (tertiary/aromatic N) is 2. The summed E-state index contributed by atoms with van der Waals surface area (Å²) in [6, 6.07) is 5.95. The van der Waals surface area contributed by atoms with E-state index in [1.54, 1.807) is 43.3 Å². The molecule has 6 atom stereocenters. The maximum atomic E-state index is 14.6. The summed E-state index contributed by atoms with van der Waals surface area (Å²) in [6.45, 7) is 2.29. The van der Waals surface area contributed by atoms with Crippen LogP contribution in [0.3, 0.4) is 0 Å². The number of esters is 1. The molecule has 1 aromatic rings. The van der Waals surface area contributed by atoms with Gasteiger partial charge in [0.25, 0.3) is 5.91 Å². The molecule has 1 aromatic carbocycles. The maximum Gasteiger partial charge on any atom is 0.313 e. The Morgan fingerprint density at radius 3 is 2.68 bits per heavy atom. The highest BCUT2D eigenvalue weighted by Gasteiger charge is 2.73. The van der Waals surface area contributed by atoms with E-state index in [9.17, 15) is 24.3 Å². The number of hydrogen-bond donors (Lipinski definition) is 2. The molecule has 1 spiro atoms. The Kier molecular flexibility index (Phi) is 8.82. The van der Waals surface area contributed by atoms with Crippen LogP contribution in [0.4, 0.5) is 5.69 Å².